The molecule has 3 atom stereocenters. The van der Waals surface area contributed by atoms with E-state index in [0.717, 1.165) is 11.9 Å². The molecule has 0 amide bonds. The molecular weight excluding hydrogens is 313 g/mol. The molecule has 0 spiro atoms. The van der Waals surface area contributed by atoms with Gasteiger partial charge in [-0.3, -0.25) is 5.10 Å². The number of anilines is 1. The Balaban J connectivity index is 1.56. The topological polar surface area (TPSA) is 99.6 Å². The van der Waals surface area contributed by atoms with E-state index in [1.807, 2.05) is 0 Å². The first kappa shape index (κ1) is 15.7. The van der Waals surface area contributed by atoms with Gasteiger partial charge in [-0.1, -0.05) is 0 Å². The summed E-state index contributed by atoms with van der Waals surface area (Å²) in [4.78, 5) is 4.09. The van der Waals surface area contributed by atoms with E-state index in [0.29, 0.717) is 19.4 Å². The second kappa shape index (κ2) is 6.11. The summed E-state index contributed by atoms with van der Waals surface area (Å²) < 4.78 is 37.2. The van der Waals surface area contributed by atoms with Gasteiger partial charge in [0.05, 0.1) is 6.10 Å². The highest BCUT2D eigenvalue weighted by atomic mass is 19.4. The summed E-state index contributed by atoms with van der Waals surface area (Å²) in [5, 5.41) is 26.3. The predicted octanol–water partition coefficient (Wildman–Crippen LogP) is 1.58. The van der Waals surface area contributed by atoms with Gasteiger partial charge in [0.15, 0.2) is 5.69 Å². The van der Waals surface area contributed by atoms with E-state index >= 15 is 0 Å². The van der Waals surface area contributed by atoms with Crippen LogP contribution in [0.4, 0.5) is 19.0 Å². The zero-order valence-electron chi connectivity index (χ0n) is 12.0. The van der Waals surface area contributed by atoms with Crippen molar-refractivity contribution in [1.82, 2.24) is 25.4 Å². The second-order valence-corrected chi connectivity index (χ2v) is 5.55. The summed E-state index contributed by atoms with van der Waals surface area (Å²) in [5.41, 5.74) is -1.03. The van der Waals surface area contributed by atoms with Crippen molar-refractivity contribution >= 4 is 5.82 Å². The van der Waals surface area contributed by atoms with Crippen LogP contribution in [0.1, 0.15) is 30.3 Å². The molecule has 2 heterocycles. The minimum Gasteiger partial charge on any atom is -0.393 e. The summed E-state index contributed by atoms with van der Waals surface area (Å²) >= 11 is 0. The van der Waals surface area contributed by atoms with Crippen LogP contribution in [-0.2, 0) is 6.18 Å². The van der Waals surface area contributed by atoms with Gasteiger partial charge in [-0.15, -0.1) is 10.2 Å². The van der Waals surface area contributed by atoms with Crippen molar-refractivity contribution < 1.29 is 18.3 Å². The quantitative estimate of drug-likeness (QED) is 0.788. The van der Waals surface area contributed by atoms with Gasteiger partial charge in [0.1, 0.15) is 18.0 Å². The van der Waals surface area contributed by atoms with Crippen molar-refractivity contribution in [3.63, 3.8) is 0 Å². The molecular formula is C13H15F3N6O. The molecule has 0 aliphatic heterocycles. The van der Waals surface area contributed by atoms with Crippen molar-refractivity contribution in [2.24, 2.45) is 5.92 Å². The Hall–Kier alpha value is -2.23. The molecule has 0 unspecified atom stereocenters. The van der Waals surface area contributed by atoms with E-state index in [1.165, 1.54) is 12.4 Å². The fourth-order valence-corrected chi connectivity index (χ4v) is 2.77. The molecule has 124 valence electrons. The number of hydrogen-bond donors (Lipinski definition) is 3. The summed E-state index contributed by atoms with van der Waals surface area (Å²) in [5.74, 6) is 1.03. The van der Waals surface area contributed by atoms with Crippen LogP contribution in [-0.4, -0.2) is 43.1 Å². The van der Waals surface area contributed by atoms with E-state index in [9.17, 15) is 18.3 Å². The standard InChI is InChI=1S/C13H15F3N6O/c14-13(15,16)10-1-2-11(21-20-10)17-5-8-3-7(4-9(8)23)12-18-6-19-22-12/h1-2,6-9,23H,3-5H2,(H,17,21)(H,18,19,22)/t7-,8+,9+/m1/s1. The van der Waals surface area contributed by atoms with Crippen molar-refractivity contribution in [2.75, 3.05) is 11.9 Å². The van der Waals surface area contributed by atoms with Crippen LogP contribution >= 0.6 is 0 Å². The third-order valence-electron chi connectivity index (χ3n) is 3.98. The second-order valence-electron chi connectivity index (χ2n) is 5.55. The van der Waals surface area contributed by atoms with Crippen molar-refractivity contribution in [1.29, 1.82) is 0 Å². The van der Waals surface area contributed by atoms with Gasteiger partial charge < -0.3 is 10.4 Å². The number of aromatic nitrogens is 5. The molecule has 2 aromatic heterocycles. The minimum atomic E-state index is -4.50. The molecule has 23 heavy (non-hydrogen) atoms. The third-order valence-corrected chi connectivity index (χ3v) is 3.98. The number of aliphatic hydroxyl groups excluding tert-OH is 1. The SMILES string of the molecule is O[C@H]1C[C@H](c2ncn[nH]2)C[C@H]1CNc1ccc(C(F)(F)F)nn1. The Labute approximate surface area is 129 Å². The number of hydrogen-bond acceptors (Lipinski definition) is 6. The van der Waals surface area contributed by atoms with Crippen molar-refractivity contribution in [2.45, 2.75) is 31.0 Å². The molecule has 1 saturated carbocycles. The molecule has 2 aromatic rings. The van der Waals surface area contributed by atoms with E-state index in [4.69, 9.17) is 0 Å². The number of aromatic amines is 1. The smallest absolute Gasteiger partial charge is 0.393 e. The van der Waals surface area contributed by atoms with Gasteiger partial charge in [-0.05, 0) is 25.0 Å². The van der Waals surface area contributed by atoms with E-state index in [1.54, 1.807) is 0 Å². The number of halogens is 3. The lowest BCUT2D eigenvalue weighted by Gasteiger charge is -2.15. The van der Waals surface area contributed by atoms with Crippen LogP contribution in [0.3, 0.4) is 0 Å². The number of nitrogens with zero attached hydrogens (tertiary/aromatic N) is 4. The normalized spacial score (nSPS) is 24.8. The maximum atomic E-state index is 12.4. The minimum absolute atomic E-state index is 0.0470. The fraction of sp³-hybridized carbons (Fsp3) is 0.538. The van der Waals surface area contributed by atoms with Gasteiger partial charge in [-0.2, -0.15) is 18.3 Å². The molecule has 1 fully saturated rings. The first-order valence-electron chi connectivity index (χ1n) is 7.11. The molecule has 7 nitrogen and oxygen atoms in total. The molecule has 10 heteroatoms. The zero-order chi connectivity index (χ0) is 16.4. The lowest BCUT2D eigenvalue weighted by molar-refractivity contribution is -0.141. The molecule has 0 aromatic carbocycles. The lowest BCUT2D eigenvalue weighted by Crippen LogP contribution is -2.22. The molecule has 0 bridgehead atoms. The van der Waals surface area contributed by atoms with Gasteiger partial charge in [0.2, 0.25) is 0 Å². The predicted molar refractivity (Wildman–Crippen MR) is 73.4 cm³/mol. The Morgan fingerprint density at radius 1 is 1.26 bits per heavy atom. The number of nitrogens with one attached hydrogen (secondary N) is 2. The Morgan fingerprint density at radius 3 is 2.70 bits per heavy atom. The molecule has 1 aliphatic rings. The Kier molecular flexibility index (Phi) is 4.16. The van der Waals surface area contributed by atoms with Gasteiger partial charge >= 0.3 is 6.18 Å². The first-order valence-corrected chi connectivity index (χ1v) is 7.11. The summed E-state index contributed by atoms with van der Waals surface area (Å²) in [6.07, 6.45) is -2.32. The highest BCUT2D eigenvalue weighted by Gasteiger charge is 2.35. The number of H-pyrrole nitrogens is 1. The number of aliphatic hydroxyl groups is 1. The van der Waals surface area contributed by atoms with E-state index < -0.39 is 18.0 Å². The molecule has 3 N–H and O–H groups in total. The van der Waals surface area contributed by atoms with Crippen LogP contribution in [0.5, 0.6) is 0 Å². The average molecular weight is 328 g/mol. The fourth-order valence-electron chi connectivity index (χ4n) is 2.77. The van der Waals surface area contributed by atoms with Gasteiger partial charge in [-0.25, -0.2) is 4.98 Å². The van der Waals surface area contributed by atoms with Gasteiger partial charge in [0.25, 0.3) is 0 Å². The summed E-state index contributed by atoms with van der Waals surface area (Å²) in [7, 11) is 0. The van der Waals surface area contributed by atoms with Gasteiger partial charge in [0, 0.05) is 18.4 Å². The third kappa shape index (κ3) is 3.58. The van der Waals surface area contributed by atoms with E-state index in [2.05, 4.69) is 30.7 Å². The number of rotatable bonds is 4. The highest BCUT2D eigenvalue weighted by molar-refractivity contribution is 5.33. The van der Waals surface area contributed by atoms with Crippen LogP contribution in [0.2, 0.25) is 0 Å². The number of alkyl halides is 3. The first-order chi connectivity index (χ1) is 10.9. The average Bonchev–Trinajstić information content (AvgIpc) is 3.14. The summed E-state index contributed by atoms with van der Waals surface area (Å²) in [6, 6.07) is 2.10. The molecule has 0 radical (unpaired) electrons. The van der Waals surface area contributed by atoms with Crippen molar-refractivity contribution in [3.05, 3.63) is 30.0 Å². The van der Waals surface area contributed by atoms with Crippen LogP contribution in [0.15, 0.2) is 18.5 Å². The summed E-state index contributed by atoms with van der Waals surface area (Å²) in [6.45, 7) is 0.395. The highest BCUT2D eigenvalue weighted by Crippen LogP contribution is 2.37. The molecule has 1 aliphatic carbocycles. The molecule has 0 saturated heterocycles. The zero-order valence-corrected chi connectivity index (χ0v) is 12.0. The largest absolute Gasteiger partial charge is 0.435 e. The lowest BCUT2D eigenvalue weighted by atomic mass is 10.0. The van der Waals surface area contributed by atoms with Crippen molar-refractivity contribution in [3.8, 4) is 0 Å². The molecule has 3 rings (SSSR count). The van der Waals surface area contributed by atoms with Crippen LogP contribution in [0.25, 0.3) is 0 Å². The monoisotopic (exact) mass is 328 g/mol. The van der Waals surface area contributed by atoms with Crippen LogP contribution in [0, 0.1) is 5.92 Å². The Bertz CT molecular complexity index is 630. The maximum absolute atomic E-state index is 12.4. The van der Waals surface area contributed by atoms with Crippen LogP contribution < -0.4 is 5.32 Å². The van der Waals surface area contributed by atoms with E-state index in [-0.39, 0.29) is 17.7 Å². The maximum Gasteiger partial charge on any atom is 0.435 e. The Morgan fingerprint density at radius 2 is 2.09 bits per heavy atom.